The molecule has 0 radical (unpaired) electrons. The zero-order valence-electron chi connectivity index (χ0n) is 19.4. The summed E-state index contributed by atoms with van der Waals surface area (Å²) in [6.45, 7) is 1.67. The molecule has 178 valence electrons. The molecule has 0 atom stereocenters. The highest BCUT2D eigenvalue weighted by molar-refractivity contribution is 6.35. The van der Waals surface area contributed by atoms with Gasteiger partial charge in [-0.1, -0.05) is 65.7 Å². The van der Waals surface area contributed by atoms with Crippen LogP contribution in [0, 0.1) is 0 Å². The highest BCUT2D eigenvalue weighted by atomic mass is 35.5. The maximum atomic E-state index is 13.7. The number of aromatic nitrogens is 2. The highest BCUT2D eigenvalue weighted by Crippen LogP contribution is 2.29. The fourth-order valence-electron chi connectivity index (χ4n) is 4.91. The number of likely N-dealkylation sites (tertiary alicyclic amines) is 1. The molecule has 3 aromatic carbocycles. The summed E-state index contributed by atoms with van der Waals surface area (Å²) in [5.74, 6) is 0.0732. The molecule has 4 nitrogen and oxygen atoms in total. The monoisotopic (exact) mass is 511 g/mol. The van der Waals surface area contributed by atoms with E-state index in [2.05, 4.69) is 27.0 Å². The Labute approximate surface area is 218 Å². The highest BCUT2D eigenvalue weighted by Gasteiger charge is 2.27. The number of fused-ring (bicyclic) bond motifs is 2. The minimum absolute atomic E-state index is 0.0732. The predicted molar refractivity (Wildman–Crippen MR) is 149 cm³/mol. The van der Waals surface area contributed by atoms with E-state index < -0.39 is 0 Å². The fraction of sp³-hybridized carbons (Fsp3) is 0.100. The smallest absolute Gasteiger partial charge is 0.187 e. The lowest BCUT2D eigenvalue weighted by molar-refractivity contribution is -0.113. The number of nitrogens with zero attached hydrogens (tertiary/aromatic N) is 1. The van der Waals surface area contributed by atoms with Crippen LogP contribution in [-0.4, -0.2) is 33.7 Å². The summed E-state index contributed by atoms with van der Waals surface area (Å²) in [6, 6.07) is 21.8. The number of carbonyl (C=O) groups excluding carboxylic acids is 1. The summed E-state index contributed by atoms with van der Waals surface area (Å²) >= 11 is 12.6. The largest absolute Gasteiger partial charge is 0.361 e. The second kappa shape index (κ2) is 9.47. The molecule has 1 aliphatic rings. The van der Waals surface area contributed by atoms with Crippen molar-refractivity contribution in [2.75, 3.05) is 13.1 Å². The first-order chi connectivity index (χ1) is 17.5. The van der Waals surface area contributed by atoms with Crippen LogP contribution in [0.2, 0.25) is 10.0 Å². The van der Waals surface area contributed by atoms with E-state index in [1.54, 1.807) is 6.07 Å². The lowest BCUT2D eigenvalue weighted by atomic mass is 9.93. The third-order valence-corrected chi connectivity index (χ3v) is 7.27. The first kappa shape index (κ1) is 22.9. The summed E-state index contributed by atoms with van der Waals surface area (Å²) < 4.78 is 0. The van der Waals surface area contributed by atoms with Crippen LogP contribution in [-0.2, 0) is 11.3 Å². The van der Waals surface area contributed by atoms with Crippen molar-refractivity contribution in [3.8, 4) is 0 Å². The Morgan fingerprint density at radius 2 is 1.33 bits per heavy atom. The van der Waals surface area contributed by atoms with Crippen LogP contribution in [0.25, 0.3) is 34.0 Å². The van der Waals surface area contributed by atoms with Crippen molar-refractivity contribution in [1.29, 1.82) is 0 Å². The summed E-state index contributed by atoms with van der Waals surface area (Å²) in [6.07, 6.45) is 7.95. The number of hydrogen-bond donors (Lipinski definition) is 2. The van der Waals surface area contributed by atoms with Gasteiger partial charge in [-0.3, -0.25) is 9.69 Å². The molecule has 0 bridgehead atoms. The van der Waals surface area contributed by atoms with Gasteiger partial charge in [0.1, 0.15) is 0 Å². The Morgan fingerprint density at radius 3 is 1.89 bits per heavy atom. The number of piperidine rings is 1. The van der Waals surface area contributed by atoms with E-state index in [1.807, 2.05) is 73.1 Å². The Balaban J connectivity index is 1.41. The lowest BCUT2D eigenvalue weighted by Gasteiger charge is -2.30. The van der Waals surface area contributed by atoms with Crippen LogP contribution in [0.15, 0.2) is 90.3 Å². The van der Waals surface area contributed by atoms with Gasteiger partial charge in [-0.05, 0) is 42.0 Å². The number of para-hydroxylation sites is 2. The molecule has 2 aromatic heterocycles. The summed E-state index contributed by atoms with van der Waals surface area (Å²) in [4.78, 5) is 22.6. The van der Waals surface area contributed by atoms with Gasteiger partial charge in [-0.15, -0.1) is 0 Å². The summed E-state index contributed by atoms with van der Waals surface area (Å²) in [5.41, 5.74) is 6.59. The van der Waals surface area contributed by atoms with Gasteiger partial charge in [0.2, 0.25) is 0 Å². The topological polar surface area (TPSA) is 51.9 Å². The van der Waals surface area contributed by atoms with Crippen molar-refractivity contribution in [2.24, 2.45) is 0 Å². The zero-order chi connectivity index (χ0) is 24.6. The van der Waals surface area contributed by atoms with Gasteiger partial charge in [0.15, 0.2) is 5.78 Å². The number of carbonyl (C=O) groups is 1. The maximum Gasteiger partial charge on any atom is 0.187 e. The summed E-state index contributed by atoms with van der Waals surface area (Å²) in [5, 5.41) is 3.43. The second-order valence-electron chi connectivity index (χ2n) is 9.13. The van der Waals surface area contributed by atoms with Crippen LogP contribution in [0.1, 0.15) is 16.7 Å². The lowest BCUT2D eigenvalue weighted by Crippen LogP contribution is -2.37. The number of ketones is 1. The standard InChI is InChI=1S/C30H23Cl2N3O/c31-24-10-9-19(27(32)13-24)16-35-17-22(11-20-14-33-28-7-3-1-5-25(20)28)30(36)23(18-35)12-21-15-34-29-8-4-2-6-26(21)29/h1-15,33-34H,16-18H2/b22-11+,23-12+. The first-order valence-corrected chi connectivity index (χ1v) is 12.5. The number of hydrogen-bond acceptors (Lipinski definition) is 2. The van der Waals surface area contributed by atoms with E-state index in [4.69, 9.17) is 23.2 Å². The molecule has 2 N–H and O–H groups in total. The molecular weight excluding hydrogens is 489 g/mol. The normalized spacial score (nSPS) is 17.1. The Morgan fingerprint density at radius 1 is 0.778 bits per heavy atom. The molecule has 0 spiro atoms. The minimum atomic E-state index is 0.0732. The van der Waals surface area contributed by atoms with Gasteiger partial charge in [0, 0.05) is 86.2 Å². The van der Waals surface area contributed by atoms with Crippen LogP contribution in [0.4, 0.5) is 0 Å². The average Bonchev–Trinajstić information content (AvgIpc) is 3.48. The molecule has 0 saturated carbocycles. The Bertz CT molecular complexity index is 1580. The number of benzene rings is 3. The maximum absolute atomic E-state index is 13.7. The molecule has 0 amide bonds. The number of Topliss-reactive ketones (excluding diaryl/α,β-unsaturated/α-hetero) is 1. The molecule has 1 aliphatic heterocycles. The van der Waals surface area contributed by atoms with Gasteiger partial charge in [0.05, 0.1) is 0 Å². The number of rotatable bonds is 4. The molecular formula is C30H23Cl2N3O. The fourth-order valence-corrected chi connectivity index (χ4v) is 5.38. The van der Waals surface area contributed by atoms with E-state index >= 15 is 0 Å². The van der Waals surface area contributed by atoms with Crippen LogP contribution < -0.4 is 0 Å². The van der Waals surface area contributed by atoms with Gasteiger partial charge in [-0.2, -0.15) is 0 Å². The second-order valence-corrected chi connectivity index (χ2v) is 9.97. The Kier molecular flexibility index (Phi) is 6.02. The number of aromatic amines is 2. The Hall–Kier alpha value is -3.57. The van der Waals surface area contributed by atoms with Gasteiger partial charge < -0.3 is 9.97 Å². The molecule has 36 heavy (non-hydrogen) atoms. The van der Waals surface area contributed by atoms with Crippen molar-refractivity contribution >= 4 is 62.9 Å². The van der Waals surface area contributed by atoms with Crippen LogP contribution in [0.3, 0.4) is 0 Å². The number of H-pyrrole nitrogens is 2. The quantitative estimate of drug-likeness (QED) is 0.245. The molecule has 0 unspecified atom stereocenters. The summed E-state index contributed by atoms with van der Waals surface area (Å²) in [7, 11) is 0. The van der Waals surface area contributed by atoms with Crippen molar-refractivity contribution in [3.63, 3.8) is 0 Å². The average molecular weight is 512 g/mol. The van der Waals surface area contributed by atoms with Crippen LogP contribution >= 0.6 is 23.2 Å². The molecule has 5 aromatic rings. The third-order valence-electron chi connectivity index (χ3n) is 6.68. The van der Waals surface area contributed by atoms with Gasteiger partial charge in [-0.25, -0.2) is 0 Å². The zero-order valence-corrected chi connectivity index (χ0v) is 20.9. The van der Waals surface area contributed by atoms with Gasteiger partial charge >= 0.3 is 0 Å². The first-order valence-electron chi connectivity index (χ1n) is 11.8. The van der Waals surface area contributed by atoms with Crippen molar-refractivity contribution in [3.05, 3.63) is 117 Å². The van der Waals surface area contributed by atoms with Crippen LogP contribution in [0.5, 0.6) is 0 Å². The molecule has 6 heteroatoms. The van der Waals surface area contributed by atoms with E-state index in [0.29, 0.717) is 29.7 Å². The van der Waals surface area contributed by atoms with E-state index in [-0.39, 0.29) is 5.78 Å². The van der Waals surface area contributed by atoms with Crippen molar-refractivity contribution in [2.45, 2.75) is 6.54 Å². The molecule has 3 heterocycles. The SMILES string of the molecule is O=C1/C(=C/c2c[nH]c3ccccc23)CN(Cc2ccc(Cl)cc2Cl)C/C1=C\c1c[nH]c2ccccc12. The van der Waals surface area contributed by atoms with E-state index in [1.165, 1.54) is 0 Å². The number of nitrogens with one attached hydrogen (secondary N) is 2. The molecule has 1 fully saturated rings. The molecule has 1 saturated heterocycles. The predicted octanol–water partition coefficient (Wildman–Crippen LogP) is 7.51. The van der Waals surface area contributed by atoms with Crippen molar-refractivity contribution < 1.29 is 4.79 Å². The number of halogens is 2. The molecule has 0 aliphatic carbocycles. The minimum Gasteiger partial charge on any atom is -0.361 e. The van der Waals surface area contributed by atoms with E-state index in [0.717, 1.165) is 49.6 Å². The molecule has 6 rings (SSSR count). The van der Waals surface area contributed by atoms with Crippen molar-refractivity contribution in [1.82, 2.24) is 14.9 Å². The van der Waals surface area contributed by atoms with E-state index in [9.17, 15) is 4.79 Å². The van der Waals surface area contributed by atoms with Gasteiger partial charge in [0.25, 0.3) is 0 Å². The third kappa shape index (κ3) is 4.40.